The van der Waals surface area contributed by atoms with E-state index in [1.807, 2.05) is 54.6 Å². The molecule has 0 aromatic heterocycles. The molecule has 0 heterocycles. The van der Waals surface area contributed by atoms with Crippen molar-refractivity contribution in [1.82, 2.24) is 0 Å². The summed E-state index contributed by atoms with van der Waals surface area (Å²) in [5, 5.41) is 0. The summed E-state index contributed by atoms with van der Waals surface area (Å²) in [6, 6.07) is 17.6. The molecule has 19 heavy (non-hydrogen) atoms. The first-order valence-electron chi connectivity index (χ1n) is 6.07. The Labute approximate surface area is 114 Å². The maximum absolute atomic E-state index is 5.43. The minimum atomic E-state index is -0.254. The minimum absolute atomic E-state index is 0.254. The average molecular weight is 252 g/mol. The minimum Gasteiger partial charge on any atom is -0.497 e. The van der Waals surface area contributed by atoms with Gasteiger partial charge in [0.1, 0.15) is 11.9 Å². The largest absolute Gasteiger partial charge is 0.497 e. The molecule has 0 saturated carbocycles. The molecule has 1 atom stereocenters. The van der Waals surface area contributed by atoms with Crippen LogP contribution in [0.15, 0.2) is 54.6 Å². The van der Waals surface area contributed by atoms with Gasteiger partial charge in [-0.3, -0.25) is 0 Å². The van der Waals surface area contributed by atoms with Crippen molar-refractivity contribution in [2.75, 3.05) is 14.2 Å². The van der Waals surface area contributed by atoms with Gasteiger partial charge in [-0.15, -0.1) is 0 Å². The smallest absolute Gasteiger partial charge is 0.143 e. The van der Waals surface area contributed by atoms with Gasteiger partial charge in [-0.25, -0.2) is 0 Å². The summed E-state index contributed by atoms with van der Waals surface area (Å²) >= 11 is 0. The third kappa shape index (κ3) is 3.61. The number of benzene rings is 2. The summed E-state index contributed by atoms with van der Waals surface area (Å²) in [7, 11) is 3.31. The second-order valence-corrected chi connectivity index (χ2v) is 4.03. The quantitative estimate of drug-likeness (QED) is 0.779. The highest BCUT2D eigenvalue weighted by Gasteiger charge is 2.07. The summed E-state index contributed by atoms with van der Waals surface area (Å²) in [6.07, 6.45) is -0.254. The van der Waals surface area contributed by atoms with Gasteiger partial charge in [0.25, 0.3) is 0 Å². The Kier molecular flexibility index (Phi) is 4.60. The van der Waals surface area contributed by atoms with Crippen LogP contribution in [-0.2, 0) is 4.74 Å². The highest BCUT2D eigenvalue weighted by molar-refractivity contribution is 5.38. The van der Waals surface area contributed by atoms with Gasteiger partial charge in [0.15, 0.2) is 0 Å². The fraction of sp³-hybridized carbons (Fsp3) is 0.176. The van der Waals surface area contributed by atoms with Crippen LogP contribution in [0.3, 0.4) is 0 Å². The van der Waals surface area contributed by atoms with Crippen molar-refractivity contribution in [1.29, 1.82) is 0 Å². The normalized spacial score (nSPS) is 11.3. The highest BCUT2D eigenvalue weighted by Crippen LogP contribution is 2.21. The molecule has 0 bridgehead atoms. The molecule has 2 rings (SSSR count). The van der Waals surface area contributed by atoms with E-state index in [2.05, 4.69) is 11.8 Å². The molecule has 0 N–H and O–H groups in total. The summed E-state index contributed by atoms with van der Waals surface area (Å²) in [4.78, 5) is 0. The topological polar surface area (TPSA) is 18.5 Å². The van der Waals surface area contributed by atoms with E-state index in [1.165, 1.54) is 0 Å². The van der Waals surface area contributed by atoms with E-state index >= 15 is 0 Å². The molecule has 0 spiro atoms. The van der Waals surface area contributed by atoms with Crippen LogP contribution < -0.4 is 4.74 Å². The molecular formula is C17H16O2. The predicted octanol–water partition coefficient (Wildman–Crippen LogP) is 3.43. The molecule has 1 unspecified atom stereocenters. The lowest BCUT2D eigenvalue weighted by Gasteiger charge is -2.10. The Morgan fingerprint density at radius 2 is 1.74 bits per heavy atom. The van der Waals surface area contributed by atoms with Gasteiger partial charge < -0.3 is 9.47 Å². The van der Waals surface area contributed by atoms with E-state index in [1.54, 1.807) is 14.2 Å². The maximum Gasteiger partial charge on any atom is 0.143 e. The Hall–Kier alpha value is -2.24. The maximum atomic E-state index is 5.43. The Bertz CT molecular complexity index is 579. The lowest BCUT2D eigenvalue weighted by atomic mass is 10.1. The molecule has 0 aliphatic carbocycles. The van der Waals surface area contributed by atoms with Gasteiger partial charge in [0.2, 0.25) is 0 Å². The fourth-order valence-corrected chi connectivity index (χ4v) is 1.75. The Morgan fingerprint density at radius 1 is 0.947 bits per heavy atom. The number of hydrogen-bond acceptors (Lipinski definition) is 2. The van der Waals surface area contributed by atoms with E-state index in [0.29, 0.717) is 0 Å². The number of rotatable bonds is 3. The van der Waals surface area contributed by atoms with Crippen molar-refractivity contribution in [2.24, 2.45) is 0 Å². The van der Waals surface area contributed by atoms with Crippen LogP contribution in [0.4, 0.5) is 0 Å². The predicted molar refractivity (Wildman–Crippen MR) is 76.1 cm³/mol. The van der Waals surface area contributed by atoms with Gasteiger partial charge in [-0.1, -0.05) is 42.2 Å². The molecule has 96 valence electrons. The second-order valence-electron chi connectivity index (χ2n) is 4.03. The first kappa shape index (κ1) is 13.2. The van der Waals surface area contributed by atoms with Gasteiger partial charge in [0, 0.05) is 12.7 Å². The fourth-order valence-electron chi connectivity index (χ4n) is 1.75. The van der Waals surface area contributed by atoms with Crippen LogP contribution in [0.2, 0.25) is 0 Å². The van der Waals surface area contributed by atoms with Crippen molar-refractivity contribution in [3.8, 4) is 17.6 Å². The highest BCUT2D eigenvalue weighted by atomic mass is 16.5. The van der Waals surface area contributed by atoms with Crippen molar-refractivity contribution in [3.63, 3.8) is 0 Å². The summed E-state index contributed by atoms with van der Waals surface area (Å²) in [5.74, 6) is 7.05. The Balaban J connectivity index is 2.23. The van der Waals surface area contributed by atoms with Crippen molar-refractivity contribution >= 4 is 0 Å². The van der Waals surface area contributed by atoms with Gasteiger partial charge in [-0.2, -0.15) is 0 Å². The SMILES string of the molecule is COc1cccc(C(C#Cc2ccccc2)OC)c1. The van der Waals surface area contributed by atoms with E-state index < -0.39 is 0 Å². The van der Waals surface area contributed by atoms with Crippen LogP contribution in [0.1, 0.15) is 17.2 Å². The first-order chi connectivity index (χ1) is 9.33. The zero-order valence-corrected chi connectivity index (χ0v) is 11.1. The first-order valence-corrected chi connectivity index (χ1v) is 6.07. The number of methoxy groups -OCH3 is 2. The molecule has 0 amide bonds. The molecule has 2 aromatic rings. The van der Waals surface area contributed by atoms with Crippen molar-refractivity contribution in [2.45, 2.75) is 6.10 Å². The number of ether oxygens (including phenoxy) is 2. The van der Waals surface area contributed by atoms with Crippen LogP contribution in [0.5, 0.6) is 5.75 Å². The lowest BCUT2D eigenvalue weighted by molar-refractivity contribution is 0.150. The molecule has 0 radical (unpaired) electrons. The van der Waals surface area contributed by atoms with Crippen LogP contribution in [0.25, 0.3) is 0 Å². The van der Waals surface area contributed by atoms with Gasteiger partial charge in [0.05, 0.1) is 7.11 Å². The van der Waals surface area contributed by atoms with E-state index in [9.17, 15) is 0 Å². The molecule has 0 fully saturated rings. The molecule has 2 nitrogen and oxygen atoms in total. The monoisotopic (exact) mass is 252 g/mol. The zero-order valence-electron chi connectivity index (χ0n) is 11.1. The van der Waals surface area contributed by atoms with Crippen molar-refractivity contribution < 1.29 is 9.47 Å². The summed E-state index contributed by atoms with van der Waals surface area (Å²) in [6.45, 7) is 0. The third-order valence-corrected chi connectivity index (χ3v) is 2.75. The average Bonchev–Trinajstić information content (AvgIpc) is 2.49. The lowest BCUT2D eigenvalue weighted by Crippen LogP contribution is -1.98. The Morgan fingerprint density at radius 3 is 2.42 bits per heavy atom. The molecule has 2 aromatic carbocycles. The summed E-state index contributed by atoms with van der Waals surface area (Å²) < 4.78 is 10.6. The molecule has 0 aliphatic rings. The standard InChI is InChI=1S/C17H16O2/c1-18-16-10-6-9-15(13-16)17(19-2)12-11-14-7-4-3-5-8-14/h3-10,13,17H,1-2H3. The summed E-state index contributed by atoms with van der Waals surface area (Å²) in [5.41, 5.74) is 1.97. The zero-order chi connectivity index (χ0) is 13.5. The van der Waals surface area contributed by atoms with Crippen LogP contribution in [-0.4, -0.2) is 14.2 Å². The van der Waals surface area contributed by atoms with Crippen LogP contribution >= 0.6 is 0 Å². The van der Waals surface area contributed by atoms with Crippen LogP contribution in [0, 0.1) is 11.8 Å². The van der Waals surface area contributed by atoms with Gasteiger partial charge in [-0.05, 0) is 29.8 Å². The van der Waals surface area contributed by atoms with E-state index in [0.717, 1.165) is 16.9 Å². The second kappa shape index (κ2) is 6.63. The molecule has 0 aliphatic heterocycles. The molecule has 2 heteroatoms. The number of hydrogen-bond donors (Lipinski definition) is 0. The van der Waals surface area contributed by atoms with Gasteiger partial charge >= 0.3 is 0 Å². The van der Waals surface area contributed by atoms with E-state index in [-0.39, 0.29) is 6.10 Å². The van der Waals surface area contributed by atoms with Crippen molar-refractivity contribution in [3.05, 3.63) is 65.7 Å². The van der Waals surface area contributed by atoms with E-state index in [4.69, 9.17) is 9.47 Å². The molecule has 0 saturated heterocycles. The molecular weight excluding hydrogens is 236 g/mol. The third-order valence-electron chi connectivity index (χ3n) is 2.75.